The Morgan fingerprint density at radius 3 is 2.42 bits per heavy atom. The molecule has 4 heteroatoms. The Bertz CT molecular complexity index is 416. The minimum Gasteiger partial charge on any atom is -0.329 e. The van der Waals surface area contributed by atoms with E-state index in [1.165, 1.54) is 12.8 Å². The van der Waals surface area contributed by atoms with Crippen LogP contribution in [0.25, 0.3) is 0 Å². The summed E-state index contributed by atoms with van der Waals surface area (Å²) in [7, 11) is 0. The van der Waals surface area contributed by atoms with Crippen molar-refractivity contribution in [2.75, 3.05) is 13.1 Å². The van der Waals surface area contributed by atoms with Gasteiger partial charge in [0.2, 0.25) is 0 Å². The molecule has 1 aromatic rings. The van der Waals surface area contributed by atoms with Crippen molar-refractivity contribution in [1.82, 2.24) is 4.90 Å². The fourth-order valence-corrected chi connectivity index (χ4v) is 3.66. The molecule has 0 radical (unpaired) electrons. The minimum absolute atomic E-state index is 0.207. The first-order valence-corrected chi connectivity index (χ1v) is 7.68. The first-order valence-electron chi connectivity index (χ1n) is 6.93. The molecule has 1 saturated heterocycles. The van der Waals surface area contributed by atoms with Gasteiger partial charge in [0.25, 0.3) is 0 Å². The number of benzene rings is 1. The minimum atomic E-state index is 0.207. The standard InChI is InChI=1S/C15H22Cl2N2/c1-10-3-4-19(11(2)5-10)15(9-18)12-6-13(16)8-14(17)7-12/h6-8,10-11,15H,3-5,9,18H2,1-2H3. The Balaban J connectivity index is 2.23. The summed E-state index contributed by atoms with van der Waals surface area (Å²) in [4.78, 5) is 2.49. The molecule has 0 saturated carbocycles. The number of piperidine rings is 1. The zero-order valence-corrected chi connectivity index (χ0v) is 13.1. The molecule has 1 aliphatic rings. The van der Waals surface area contributed by atoms with E-state index in [4.69, 9.17) is 28.9 Å². The van der Waals surface area contributed by atoms with Gasteiger partial charge in [0.15, 0.2) is 0 Å². The van der Waals surface area contributed by atoms with Gasteiger partial charge in [0, 0.05) is 28.7 Å². The van der Waals surface area contributed by atoms with Gasteiger partial charge in [-0.05, 0) is 56.0 Å². The van der Waals surface area contributed by atoms with Gasteiger partial charge in [0.1, 0.15) is 0 Å². The number of rotatable bonds is 3. The van der Waals surface area contributed by atoms with Crippen molar-refractivity contribution >= 4 is 23.2 Å². The van der Waals surface area contributed by atoms with Crippen molar-refractivity contribution in [3.63, 3.8) is 0 Å². The highest BCUT2D eigenvalue weighted by Crippen LogP contribution is 2.32. The van der Waals surface area contributed by atoms with E-state index in [0.29, 0.717) is 22.6 Å². The van der Waals surface area contributed by atoms with E-state index in [9.17, 15) is 0 Å². The summed E-state index contributed by atoms with van der Waals surface area (Å²) in [6.07, 6.45) is 2.46. The molecule has 1 heterocycles. The molecular weight excluding hydrogens is 279 g/mol. The molecule has 3 atom stereocenters. The number of nitrogens with zero attached hydrogens (tertiary/aromatic N) is 1. The smallest absolute Gasteiger partial charge is 0.0474 e. The van der Waals surface area contributed by atoms with Crippen molar-refractivity contribution < 1.29 is 0 Å². The van der Waals surface area contributed by atoms with Crippen LogP contribution in [0.2, 0.25) is 10.0 Å². The third-order valence-corrected chi connectivity index (χ3v) is 4.52. The topological polar surface area (TPSA) is 29.3 Å². The third kappa shape index (κ3) is 3.63. The van der Waals surface area contributed by atoms with Gasteiger partial charge < -0.3 is 5.73 Å². The van der Waals surface area contributed by atoms with Gasteiger partial charge in [-0.3, -0.25) is 4.90 Å². The molecule has 2 nitrogen and oxygen atoms in total. The van der Waals surface area contributed by atoms with Crippen LogP contribution in [-0.4, -0.2) is 24.0 Å². The maximum absolute atomic E-state index is 6.11. The second-order valence-electron chi connectivity index (χ2n) is 5.67. The Hall–Kier alpha value is -0.280. The Morgan fingerprint density at radius 2 is 1.89 bits per heavy atom. The van der Waals surface area contributed by atoms with Gasteiger partial charge in [-0.15, -0.1) is 0 Å². The highest BCUT2D eigenvalue weighted by molar-refractivity contribution is 6.34. The van der Waals surface area contributed by atoms with Crippen LogP contribution < -0.4 is 5.73 Å². The molecule has 1 aliphatic heterocycles. The second-order valence-corrected chi connectivity index (χ2v) is 6.54. The summed E-state index contributed by atoms with van der Waals surface area (Å²) < 4.78 is 0. The lowest BCUT2D eigenvalue weighted by Gasteiger charge is -2.41. The van der Waals surface area contributed by atoms with Crippen LogP contribution >= 0.6 is 23.2 Å². The van der Waals surface area contributed by atoms with Crippen molar-refractivity contribution in [2.45, 2.75) is 38.8 Å². The zero-order chi connectivity index (χ0) is 14.0. The van der Waals surface area contributed by atoms with Crippen molar-refractivity contribution in [3.8, 4) is 0 Å². The van der Waals surface area contributed by atoms with Crippen LogP contribution in [0.15, 0.2) is 18.2 Å². The van der Waals surface area contributed by atoms with Crippen LogP contribution in [0, 0.1) is 5.92 Å². The Kier molecular flexibility index (Phi) is 5.13. The summed E-state index contributed by atoms with van der Waals surface area (Å²) in [5.74, 6) is 0.799. The number of likely N-dealkylation sites (tertiary alicyclic amines) is 1. The number of hydrogen-bond acceptors (Lipinski definition) is 2. The fourth-order valence-electron chi connectivity index (χ4n) is 3.12. The predicted molar refractivity (Wildman–Crippen MR) is 82.8 cm³/mol. The van der Waals surface area contributed by atoms with E-state index < -0.39 is 0 Å². The first kappa shape index (κ1) is 15.1. The summed E-state index contributed by atoms with van der Waals surface area (Å²) >= 11 is 12.2. The molecule has 1 fully saturated rings. The van der Waals surface area contributed by atoms with Crippen LogP contribution in [0.4, 0.5) is 0 Å². The molecule has 0 spiro atoms. The maximum atomic E-state index is 6.11. The normalized spacial score (nSPS) is 26.4. The zero-order valence-electron chi connectivity index (χ0n) is 11.6. The monoisotopic (exact) mass is 300 g/mol. The van der Waals surface area contributed by atoms with Crippen LogP contribution in [0.3, 0.4) is 0 Å². The highest BCUT2D eigenvalue weighted by Gasteiger charge is 2.29. The number of halogens is 2. The average Bonchev–Trinajstić information content (AvgIpc) is 2.31. The molecule has 2 N–H and O–H groups in total. The van der Waals surface area contributed by atoms with Gasteiger partial charge in [-0.2, -0.15) is 0 Å². The molecule has 0 aromatic heterocycles. The molecule has 0 aliphatic carbocycles. The van der Waals surface area contributed by atoms with Crippen molar-refractivity contribution in [2.24, 2.45) is 11.7 Å². The summed E-state index contributed by atoms with van der Waals surface area (Å²) in [5, 5.41) is 1.36. The quantitative estimate of drug-likeness (QED) is 0.910. The van der Waals surface area contributed by atoms with Gasteiger partial charge in [-0.1, -0.05) is 30.1 Å². The van der Waals surface area contributed by atoms with Crippen molar-refractivity contribution in [1.29, 1.82) is 0 Å². The van der Waals surface area contributed by atoms with E-state index in [-0.39, 0.29) is 6.04 Å². The van der Waals surface area contributed by atoms with Gasteiger partial charge >= 0.3 is 0 Å². The fraction of sp³-hybridized carbons (Fsp3) is 0.600. The Morgan fingerprint density at radius 1 is 1.26 bits per heavy atom. The van der Waals surface area contributed by atoms with Crippen LogP contribution in [-0.2, 0) is 0 Å². The number of hydrogen-bond donors (Lipinski definition) is 1. The van der Waals surface area contributed by atoms with E-state index in [0.717, 1.165) is 18.0 Å². The third-order valence-electron chi connectivity index (χ3n) is 4.08. The summed E-state index contributed by atoms with van der Waals surface area (Å²) in [6.45, 7) is 6.29. The Labute approximate surface area is 125 Å². The molecule has 2 rings (SSSR count). The second kappa shape index (κ2) is 6.45. The molecular formula is C15H22Cl2N2. The average molecular weight is 301 g/mol. The van der Waals surface area contributed by atoms with Crippen LogP contribution in [0.5, 0.6) is 0 Å². The van der Waals surface area contributed by atoms with Crippen molar-refractivity contribution in [3.05, 3.63) is 33.8 Å². The summed E-state index contributed by atoms with van der Waals surface area (Å²) in [6, 6.07) is 6.49. The SMILES string of the molecule is CC1CCN(C(CN)c2cc(Cl)cc(Cl)c2)C(C)C1. The van der Waals surface area contributed by atoms with E-state index in [1.54, 1.807) is 6.07 Å². The van der Waals surface area contributed by atoms with E-state index >= 15 is 0 Å². The lowest BCUT2D eigenvalue weighted by Crippen LogP contribution is -2.44. The molecule has 19 heavy (non-hydrogen) atoms. The molecule has 3 unspecified atom stereocenters. The number of nitrogens with two attached hydrogens (primary N) is 1. The lowest BCUT2D eigenvalue weighted by atomic mass is 9.90. The highest BCUT2D eigenvalue weighted by atomic mass is 35.5. The summed E-state index contributed by atoms with van der Waals surface area (Å²) in [5.41, 5.74) is 7.13. The van der Waals surface area contributed by atoms with Crippen LogP contribution in [0.1, 0.15) is 38.3 Å². The van der Waals surface area contributed by atoms with Gasteiger partial charge in [0.05, 0.1) is 0 Å². The maximum Gasteiger partial charge on any atom is 0.0474 e. The molecule has 0 bridgehead atoms. The van der Waals surface area contributed by atoms with E-state index in [1.807, 2.05) is 12.1 Å². The first-order chi connectivity index (χ1) is 9.01. The lowest BCUT2D eigenvalue weighted by molar-refractivity contribution is 0.0847. The van der Waals surface area contributed by atoms with Gasteiger partial charge in [-0.25, -0.2) is 0 Å². The molecule has 0 amide bonds. The largest absolute Gasteiger partial charge is 0.329 e. The molecule has 106 valence electrons. The molecule has 1 aromatic carbocycles. The van der Waals surface area contributed by atoms with E-state index in [2.05, 4.69) is 18.7 Å². The predicted octanol–water partition coefficient (Wildman–Crippen LogP) is 4.11.